The SMILES string of the molecule is CCC(CC)C(O)C1(CN)CCCOC1. The van der Waals surface area contributed by atoms with Gasteiger partial charge in [0.1, 0.15) is 0 Å². The first-order valence-corrected chi connectivity index (χ1v) is 6.16. The van der Waals surface area contributed by atoms with Gasteiger partial charge in [0.05, 0.1) is 12.7 Å². The normalized spacial score (nSPS) is 29.4. The molecule has 0 bridgehead atoms. The summed E-state index contributed by atoms with van der Waals surface area (Å²) < 4.78 is 5.50. The number of hydrogen-bond donors (Lipinski definition) is 2. The van der Waals surface area contributed by atoms with Crippen LogP contribution < -0.4 is 5.73 Å². The molecule has 1 fully saturated rings. The molecule has 0 spiro atoms. The number of nitrogens with two attached hydrogens (primary N) is 1. The van der Waals surface area contributed by atoms with Gasteiger partial charge in [-0.1, -0.05) is 26.7 Å². The zero-order chi connectivity index (χ0) is 11.3. The Bertz CT molecular complexity index is 174. The Morgan fingerprint density at radius 2 is 2.07 bits per heavy atom. The van der Waals surface area contributed by atoms with Crippen molar-refractivity contribution in [1.82, 2.24) is 0 Å². The lowest BCUT2D eigenvalue weighted by Gasteiger charge is -2.42. The smallest absolute Gasteiger partial charge is 0.0658 e. The molecule has 0 aromatic carbocycles. The van der Waals surface area contributed by atoms with Crippen LogP contribution in [0, 0.1) is 11.3 Å². The fraction of sp³-hybridized carbons (Fsp3) is 1.00. The molecule has 1 aliphatic rings. The third-order valence-corrected chi connectivity index (χ3v) is 3.88. The van der Waals surface area contributed by atoms with Crippen molar-refractivity contribution in [1.29, 1.82) is 0 Å². The summed E-state index contributed by atoms with van der Waals surface area (Å²) in [6, 6.07) is 0. The number of rotatable bonds is 5. The van der Waals surface area contributed by atoms with Crippen LogP contribution in [-0.2, 0) is 4.74 Å². The van der Waals surface area contributed by atoms with Gasteiger partial charge in [-0.25, -0.2) is 0 Å². The summed E-state index contributed by atoms with van der Waals surface area (Å²) in [4.78, 5) is 0. The van der Waals surface area contributed by atoms with Gasteiger partial charge in [-0.05, 0) is 18.8 Å². The summed E-state index contributed by atoms with van der Waals surface area (Å²) in [6.07, 6.45) is 3.74. The minimum atomic E-state index is -0.308. The van der Waals surface area contributed by atoms with Crippen molar-refractivity contribution in [2.75, 3.05) is 19.8 Å². The second-order valence-electron chi connectivity index (χ2n) is 4.74. The van der Waals surface area contributed by atoms with Crippen LogP contribution in [0.15, 0.2) is 0 Å². The van der Waals surface area contributed by atoms with Crippen LogP contribution in [0.1, 0.15) is 39.5 Å². The zero-order valence-electron chi connectivity index (χ0n) is 10.0. The van der Waals surface area contributed by atoms with Crippen LogP contribution in [0.3, 0.4) is 0 Å². The van der Waals surface area contributed by atoms with E-state index in [1.165, 1.54) is 0 Å². The number of aliphatic hydroxyl groups is 1. The molecule has 1 rings (SSSR count). The highest BCUT2D eigenvalue weighted by molar-refractivity contribution is 4.92. The minimum Gasteiger partial charge on any atom is -0.392 e. The maximum atomic E-state index is 10.4. The molecule has 3 nitrogen and oxygen atoms in total. The largest absolute Gasteiger partial charge is 0.392 e. The van der Waals surface area contributed by atoms with Gasteiger partial charge in [0.2, 0.25) is 0 Å². The van der Waals surface area contributed by atoms with Crippen LogP contribution in [0.25, 0.3) is 0 Å². The molecule has 1 heterocycles. The molecule has 0 aromatic heterocycles. The molecule has 0 radical (unpaired) electrons. The van der Waals surface area contributed by atoms with E-state index in [-0.39, 0.29) is 11.5 Å². The van der Waals surface area contributed by atoms with Crippen molar-refractivity contribution in [2.24, 2.45) is 17.1 Å². The van der Waals surface area contributed by atoms with E-state index in [0.717, 1.165) is 32.3 Å². The quantitative estimate of drug-likeness (QED) is 0.731. The number of hydrogen-bond acceptors (Lipinski definition) is 3. The summed E-state index contributed by atoms with van der Waals surface area (Å²) in [5.41, 5.74) is 5.66. The summed E-state index contributed by atoms with van der Waals surface area (Å²) in [5, 5.41) is 10.4. The lowest BCUT2D eigenvalue weighted by atomic mass is 9.71. The third-order valence-electron chi connectivity index (χ3n) is 3.88. The Labute approximate surface area is 93.0 Å². The maximum Gasteiger partial charge on any atom is 0.0658 e. The van der Waals surface area contributed by atoms with Gasteiger partial charge in [-0.3, -0.25) is 0 Å². The van der Waals surface area contributed by atoms with Crippen LogP contribution in [0.2, 0.25) is 0 Å². The van der Waals surface area contributed by atoms with Crippen LogP contribution in [-0.4, -0.2) is 31.0 Å². The van der Waals surface area contributed by atoms with Crippen molar-refractivity contribution in [3.63, 3.8) is 0 Å². The van der Waals surface area contributed by atoms with Crippen molar-refractivity contribution in [3.05, 3.63) is 0 Å². The van der Waals surface area contributed by atoms with E-state index in [4.69, 9.17) is 10.5 Å². The lowest BCUT2D eigenvalue weighted by Crippen LogP contribution is -2.50. The topological polar surface area (TPSA) is 55.5 Å². The molecule has 15 heavy (non-hydrogen) atoms. The molecule has 2 atom stereocenters. The Balaban J connectivity index is 2.70. The van der Waals surface area contributed by atoms with E-state index in [1.54, 1.807) is 0 Å². The average molecular weight is 215 g/mol. The van der Waals surface area contributed by atoms with Crippen molar-refractivity contribution < 1.29 is 9.84 Å². The van der Waals surface area contributed by atoms with Crippen molar-refractivity contribution in [2.45, 2.75) is 45.6 Å². The second-order valence-corrected chi connectivity index (χ2v) is 4.74. The van der Waals surface area contributed by atoms with Gasteiger partial charge < -0.3 is 15.6 Å². The van der Waals surface area contributed by atoms with E-state index in [2.05, 4.69) is 13.8 Å². The fourth-order valence-corrected chi connectivity index (χ4v) is 2.62. The molecule has 3 N–H and O–H groups in total. The first kappa shape index (κ1) is 12.9. The van der Waals surface area contributed by atoms with Gasteiger partial charge in [0.15, 0.2) is 0 Å². The highest BCUT2D eigenvalue weighted by atomic mass is 16.5. The standard InChI is InChI=1S/C12H25NO2/c1-3-10(4-2)11(14)12(8-13)6-5-7-15-9-12/h10-11,14H,3-9,13H2,1-2H3. The van der Waals surface area contributed by atoms with Crippen LogP contribution in [0.4, 0.5) is 0 Å². The molecule has 0 saturated carbocycles. The molecule has 90 valence electrons. The number of aliphatic hydroxyl groups excluding tert-OH is 1. The minimum absolute atomic E-state index is 0.186. The first-order valence-electron chi connectivity index (χ1n) is 6.16. The molecule has 1 aliphatic heterocycles. The highest BCUT2D eigenvalue weighted by Crippen LogP contribution is 2.36. The molecule has 0 aliphatic carbocycles. The molecule has 2 unspecified atom stereocenters. The van der Waals surface area contributed by atoms with E-state index >= 15 is 0 Å². The van der Waals surface area contributed by atoms with E-state index in [0.29, 0.717) is 19.1 Å². The third kappa shape index (κ3) is 2.71. The first-order chi connectivity index (χ1) is 7.20. The average Bonchev–Trinajstić information content (AvgIpc) is 2.31. The molecule has 0 aromatic rings. The Morgan fingerprint density at radius 3 is 2.47 bits per heavy atom. The van der Waals surface area contributed by atoms with Crippen molar-refractivity contribution >= 4 is 0 Å². The molecular weight excluding hydrogens is 190 g/mol. The Hall–Kier alpha value is -0.120. The monoisotopic (exact) mass is 215 g/mol. The Kier molecular flexibility index (Phi) is 5.03. The fourth-order valence-electron chi connectivity index (χ4n) is 2.62. The van der Waals surface area contributed by atoms with Crippen molar-refractivity contribution in [3.8, 4) is 0 Å². The van der Waals surface area contributed by atoms with Gasteiger partial charge in [-0.2, -0.15) is 0 Å². The van der Waals surface area contributed by atoms with Gasteiger partial charge >= 0.3 is 0 Å². The van der Waals surface area contributed by atoms with E-state index in [9.17, 15) is 5.11 Å². The summed E-state index contributed by atoms with van der Waals surface area (Å²) in [7, 11) is 0. The highest BCUT2D eigenvalue weighted by Gasteiger charge is 2.41. The van der Waals surface area contributed by atoms with E-state index < -0.39 is 0 Å². The maximum absolute atomic E-state index is 10.4. The Morgan fingerprint density at radius 1 is 1.40 bits per heavy atom. The van der Waals surface area contributed by atoms with Gasteiger partial charge in [-0.15, -0.1) is 0 Å². The lowest BCUT2D eigenvalue weighted by molar-refractivity contribution is -0.0987. The van der Waals surface area contributed by atoms with Crippen LogP contribution >= 0.6 is 0 Å². The second kappa shape index (κ2) is 5.83. The zero-order valence-corrected chi connectivity index (χ0v) is 10.0. The molecule has 1 saturated heterocycles. The van der Waals surface area contributed by atoms with Gasteiger partial charge in [0, 0.05) is 18.6 Å². The predicted octanol–water partition coefficient (Wildman–Crippen LogP) is 1.54. The molecular formula is C12H25NO2. The van der Waals surface area contributed by atoms with Gasteiger partial charge in [0.25, 0.3) is 0 Å². The molecule has 3 heteroatoms. The van der Waals surface area contributed by atoms with Crippen LogP contribution in [0.5, 0.6) is 0 Å². The van der Waals surface area contributed by atoms with E-state index in [1.807, 2.05) is 0 Å². The summed E-state index contributed by atoms with van der Waals surface area (Å²) in [6.45, 7) is 6.24. The number of ether oxygens (including phenoxy) is 1. The predicted molar refractivity (Wildman–Crippen MR) is 61.6 cm³/mol. The summed E-state index contributed by atoms with van der Waals surface area (Å²) >= 11 is 0. The summed E-state index contributed by atoms with van der Waals surface area (Å²) in [5.74, 6) is 0.357. The molecule has 0 amide bonds.